The number of hydrogen-bond acceptors (Lipinski definition) is 3. The van der Waals surface area contributed by atoms with Gasteiger partial charge in [-0.3, -0.25) is 4.90 Å². The van der Waals surface area contributed by atoms with E-state index < -0.39 is 0 Å². The van der Waals surface area contributed by atoms with Crippen LogP contribution >= 0.6 is 11.3 Å². The molecule has 2 heterocycles. The molecule has 2 nitrogen and oxygen atoms in total. The van der Waals surface area contributed by atoms with Gasteiger partial charge in [0.25, 0.3) is 0 Å². The number of hydrogen-bond donors (Lipinski definition) is 1. The van der Waals surface area contributed by atoms with Gasteiger partial charge in [0.2, 0.25) is 0 Å². The molecule has 4 heteroatoms. The van der Waals surface area contributed by atoms with E-state index >= 15 is 0 Å². The van der Waals surface area contributed by atoms with E-state index in [0.29, 0.717) is 12.6 Å². The Labute approximate surface area is 136 Å². The van der Waals surface area contributed by atoms with Gasteiger partial charge in [-0.2, -0.15) is 0 Å². The molecule has 0 saturated carbocycles. The second kappa shape index (κ2) is 7.36. The third kappa shape index (κ3) is 4.15. The van der Waals surface area contributed by atoms with Crippen LogP contribution in [0.3, 0.4) is 0 Å². The Morgan fingerprint density at radius 2 is 2.14 bits per heavy atom. The van der Waals surface area contributed by atoms with E-state index in [0.717, 1.165) is 25.2 Å². The van der Waals surface area contributed by atoms with Crippen LogP contribution in [0.1, 0.15) is 28.2 Å². The maximum Gasteiger partial charge on any atom is 0.127 e. The minimum atomic E-state index is -0.0911. The summed E-state index contributed by atoms with van der Waals surface area (Å²) in [5.41, 5.74) is 0.803. The second-order valence-electron chi connectivity index (χ2n) is 6.06. The summed E-state index contributed by atoms with van der Waals surface area (Å²) in [5, 5.41) is 3.66. The van der Waals surface area contributed by atoms with E-state index in [1.807, 2.05) is 23.5 Å². The fourth-order valence-corrected chi connectivity index (χ4v) is 3.90. The van der Waals surface area contributed by atoms with Crippen LogP contribution in [-0.4, -0.2) is 24.0 Å². The molecule has 1 unspecified atom stereocenters. The molecule has 0 amide bonds. The topological polar surface area (TPSA) is 15.3 Å². The van der Waals surface area contributed by atoms with E-state index in [1.54, 1.807) is 12.1 Å². The maximum absolute atomic E-state index is 13.8. The summed E-state index contributed by atoms with van der Waals surface area (Å²) in [5.74, 6) is -0.0911. The predicted molar refractivity (Wildman–Crippen MR) is 90.6 cm³/mol. The normalized spacial score (nSPS) is 19.5. The molecule has 1 aromatic carbocycles. The summed E-state index contributed by atoms with van der Waals surface area (Å²) >= 11 is 1.86. The summed E-state index contributed by atoms with van der Waals surface area (Å²) < 4.78 is 13.8. The van der Waals surface area contributed by atoms with Crippen LogP contribution in [0.15, 0.2) is 36.4 Å². The van der Waals surface area contributed by atoms with Crippen LogP contribution < -0.4 is 5.32 Å². The van der Waals surface area contributed by atoms with E-state index in [4.69, 9.17) is 0 Å². The Bertz CT molecular complexity index is 611. The van der Waals surface area contributed by atoms with E-state index in [1.165, 1.54) is 22.6 Å². The lowest BCUT2D eigenvalue weighted by atomic mass is 10.0. The average Bonchev–Trinajstić information content (AvgIpc) is 2.94. The highest BCUT2D eigenvalue weighted by Gasteiger charge is 2.20. The highest BCUT2D eigenvalue weighted by molar-refractivity contribution is 7.11. The quantitative estimate of drug-likeness (QED) is 0.898. The minimum absolute atomic E-state index is 0.0911. The Morgan fingerprint density at radius 3 is 2.91 bits per heavy atom. The SMILES string of the molecule is Cc1ccc(CNC2CCCN(Cc3ccccc3F)C2)s1. The average molecular weight is 318 g/mol. The summed E-state index contributed by atoms with van der Waals surface area (Å²) in [6.07, 6.45) is 2.38. The number of benzene rings is 1. The molecule has 1 aliphatic heterocycles. The standard InChI is InChI=1S/C18H23FN2S/c1-14-8-9-17(22-14)11-20-16-6-4-10-21(13-16)12-15-5-2-3-7-18(15)19/h2-3,5,7-9,16,20H,4,6,10-13H2,1H3. The van der Waals surface area contributed by atoms with Gasteiger partial charge >= 0.3 is 0 Å². The zero-order valence-corrected chi connectivity index (χ0v) is 13.8. The first-order valence-corrected chi connectivity index (χ1v) is 8.77. The van der Waals surface area contributed by atoms with Crippen molar-refractivity contribution in [1.29, 1.82) is 0 Å². The molecule has 118 valence electrons. The van der Waals surface area contributed by atoms with Gasteiger partial charge in [0.15, 0.2) is 0 Å². The molecule has 0 bridgehead atoms. The number of nitrogens with one attached hydrogen (secondary N) is 1. The Kier molecular flexibility index (Phi) is 5.24. The van der Waals surface area contributed by atoms with E-state index in [-0.39, 0.29) is 5.82 Å². The van der Waals surface area contributed by atoms with E-state index in [2.05, 4.69) is 29.3 Å². The monoisotopic (exact) mass is 318 g/mol. The lowest BCUT2D eigenvalue weighted by molar-refractivity contribution is 0.181. The lowest BCUT2D eigenvalue weighted by Crippen LogP contribution is -2.45. The van der Waals surface area contributed by atoms with Crippen molar-refractivity contribution in [2.45, 2.75) is 38.9 Å². The number of piperidine rings is 1. The number of aryl methyl sites for hydroxylation is 1. The van der Waals surface area contributed by atoms with Gasteiger partial charge in [0.1, 0.15) is 5.82 Å². The molecule has 3 rings (SSSR count). The Morgan fingerprint density at radius 1 is 1.27 bits per heavy atom. The van der Waals surface area contributed by atoms with Crippen molar-refractivity contribution in [3.8, 4) is 0 Å². The molecule has 0 spiro atoms. The van der Waals surface area contributed by atoms with Crippen molar-refractivity contribution < 1.29 is 4.39 Å². The van der Waals surface area contributed by atoms with Gasteiger partial charge in [0, 0.05) is 41.0 Å². The number of nitrogens with zero attached hydrogens (tertiary/aromatic N) is 1. The molecule has 1 aliphatic rings. The van der Waals surface area contributed by atoms with Crippen molar-refractivity contribution in [1.82, 2.24) is 10.2 Å². The molecule has 22 heavy (non-hydrogen) atoms. The Balaban J connectivity index is 1.52. The van der Waals surface area contributed by atoms with Crippen molar-refractivity contribution >= 4 is 11.3 Å². The van der Waals surface area contributed by atoms with Crippen LogP contribution in [0.4, 0.5) is 4.39 Å². The van der Waals surface area contributed by atoms with Crippen LogP contribution in [-0.2, 0) is 13.1 Å². The third-order valence-corrected chi connectivity index (χ3v) is 5.22. The lowest BCUT2D eigenvalue weighted by Gasteiger charge is -2.33. The smallest absolute Gasteiger partial charge is 0.127 e. The highest BCUT2D eigenvalue weighted by Crippen LogP contribution is 2.18. The van der Waals surface area contributed by atoms with Crippen molar-refractivity contribution in [2.75, 3.05) is 13.1 Å². The third-order valence-electron chi connectivity index (χ3n) is 4.22. The van der Waals surface area contributed by atoms with Gasteiger partial charge in [-0.25, -0.2) is 4.39 Å². The van der Waals surface area contributed by atoms with E-state index in [9.17, 15) is 4.39 Å². The van der Waals surface area contributed by atoms with Gasteiger partial charge in [-0.15, -0.1) is 11.3 Å². The van der Waals surface area contributed by atoms with Crippen LogP contribution in [0.25, 0.3) is 0 Å². The van der Waals surface area contributed by atoms with Crippen molar-refractivity contribution in [3.05, 3.63) is 57.5 Å². The second-order valence-corrected chi connectivity index (χ2v) is 7.43. The van der Waals surface area contributed by atoms with Crippen LogP contribution in [0.5, 0.6) is 0 Å². The summed E-state index contributed by atoms with van der Waals surface area (Å²) in [4.78, 5) is 5.12. The summed E-state index contributed by atoms with van der Waals surface area (Å²) in [6.45, 7) is 5.86. The molecule has 0 aliphatic carbocycles. The first kappa shape index (κ1) is 15.7. The minimum Gasteiger partial charge on any atom is -0.308 e. The van der Waals surface area contributed by atoms with Gasteiger partial charge in [-0.1, -0.05) is 18.2 Å². The fourth-order valence-electron chi connectivity index (χ4n) is 3.06. The highest BCUT2D eigenvalue weighted by atomic mass is 32.1. The molecule has 0 radical (unpaired) electrons. The summed E-state index contributed by atoms with van der Waals surface area (Å²) in [7, 11) is 0. The maximum atomic E-state index is 13.8. The molecule has 2 aromatic rings. The Hall–Kier alpha value is -1.23. The molecule has 1 fully saturated rings. The predicted octanol–water partition coefficient (Wildman–Crippen LogP) is 3.95. The first-order chi connectivity index (χ1) is 10.7. The van der Waals surface area contributed by atoms with Gasteiger partial charge in [0.05, 0.1) is 0 Å². The fraction of sp³-hybridized carbons (Fsp3) is 0.444. The molecule has 1 atom stereocenters. The van der Waals surface area contributed by atoms with Crippen molar-refractivity contribution in [3.63, 3.8) is 0 Å². The van der Waals surface area contributed by atoms with Crippen molar-refractivity contribution in [2.24, 2.45) is 0 Å². The summed E-state index contributed by atoms with van der Waals surface area (Å²) in [6, 6.07) is 12.0. The van der Waals surface area contributed by atoms with Gasteiger partial charge in [-0.05, 0) is 44.5 Å². The molecular formula is C18H23FN2S. The number of likely N-dealkylation sites (tertiary alicyclic amines) is 1. The first-order valence-electron chi connectivity index (χ1n) is 7.95. The zero-order chi connectivity index (χ0) is 15.4. The largest absolute Gasteiger partial charge is 0.308 e. The molecule has 1 saturated heterocycles. The van der Waals surface area contributed by atoms with Crippen LogP contribution in [0.2, 0.25) is 0 Å². The molecule has 1 aromatic heterocycles. The molecule has 1 N–H and O–H groups in total. The van der Waals surface area contributed by atoms with Crippen LogP contribution in [0, 0.1) is 12.7 Å². The number of thiophene rings is 1. The zero-order valence-electron chi connectivity index (χ0n) is 13.0. The molecular weight excluding hydrogens is 295 g/mol. The number of rotatable bonds is 5. The van der Waals surface area contributed by atoms with Gasteiger partial charge < -0.3 is 5.32 Å². The number of halogens is 1.